The molecule has 0 aromatic rings. The third kappa shape index (κ3) is 20.7. The number of rotatable bonds is 26. The second-order valence-corrected chi connectivity index (χ2v) is 11.5. The molecule has 1 heterocycles. The van der Waals surface area contributed by atoms with Crippen LogP contribution in [-0.2, 0) is 9.59 Å². The van der Waals surface area contributed by atoms with E-state index in [1.54, 1.807) is 0 Å². The Morgan fingerprint density at radius 1 is 0.775 bits per heavy atom. The van der Waals surface area contributed by atoms with E-state index in [9.17, 15) is 9.59 Å². The summed E-state index contributed by atoms with van der Waals surface area (Å²) < 4.78 is 0. The summed E-state index contributed by atoms with van der Waals surface area (Å²) in [6.45, 7) is 8.19. The van der Waals surface area contributed by atoms with Gasteiger partial charge >= 0.3 is 0 Å². The predicted octanol–water partition coefficient (Wildman–Crippen LogP) is 5.29. The molecule has 8 nitrogen and oxygen atoms in total. The van der Waals surface area contributed by atoms with Gasteiger partial charge in [0, 0.05) is 45.8 Å². The van der Waals surface area contributed by atoms with Crippen molar-refractivity contribution in [2.75, 3.05) is 53.1 Å². The Morgan fingerprint density at radius 2 is 1.35 bits per heavy atom. The summed E-state index contributed by atoms with van der Waals surface area (Å²) in [5, 5.41) is 9.25. The van der Waals surface area contributed by atoms with E-state index in [1.165, 1.54) is 57.8 Å². The average Bonchev–Trinajstić information content (AvgIpc) is 2.96. The van der Waals surface area contributed by atoms with Gasteiger partial charge < -0.3 is 16.0 Å². The summed E-state index contributed by atoms with van der Waals surface area (Å²) in [4.78, 5) is 32.8. The maximum Gasteiger partial charge on any atom is 0.243 e. The highest BCUT2D eigenvalue weighted by molar-refractivity contribution is 6.13. The van der Waals surface area contributed by atoms with Crippen LogP contribution in [0.25, 0.3) is 0 Å². The largest absolute Gasteiger partial charge is 0.344 e. The number of piperazine rings is 1. The summed E-state index contributed by atoms with van der Waals surface area (Å²) in [5.74, 6) is -0.108. The molecule has 0 aromatic heterocycles. The van der Waals surface area contributed by atoms with Crippen molar-refractivity contribution in [2.45, 2.75) is 122 Å². The summed E-state index contributed by atoms with van der Waals surface area (Å²) in [6, 6.07) is -0.489. The first kappa shape index (κ1) is 36.8. The Hall–Kier alpha value is -1.19. The molecule has 0 unspecified atom stereocenters. The molecule has 0 aromatic carbocycles. The molecule has 1 atom stereocenters. The molecule has 1 aliphatic rings. The van der Waals surface area contributed by atoms with Gasteiger partial charge in [-0.25, -0.2) is 4.84 Å². The Kier molecular flexibility index (Phi) is 24.6. The number of amides is 2. The predicted molar refractivity (Wildman–Crippen MR) is 169 cm³/mol. The second kappa shape index (κ2) is 26.7. The van der Waals surface area contributed by atoms with Crippen LogP contribution in [0.15, 0.2) is 12.2 Å². The molecule has 4 N–H and O–H groups in total. The first-order chi connectivity index (χ1) is 19.6. The molecule has 1 rings (SSSR count). The van der Waals surface area contributed by atoms with Crippen molar-refractivity contribution >= 4 is 23.6 Å². The zero-order chi connectivity index (χ0) is 29.1. The molecule has 1 aliphatic heterocycles. The molecule has 9 heteroatoms. The minimum atomic E-state index is -0.489. The van der Waals surface area contributed by atoms with Crippen molar-refractivity contribution in [3.63, 3.8) is 0 Å². The summed E-state index contributed by atoms with van der Waals surface area (Å²) in [5.41, 5.74) is 0. The van der Waals surface area contributed by atoms with Crippen molar-refractivity contribution in [3.05, 3.63) is 12.2 Å². The van der Waals surface area contributed by atoms with Crippen LogP contribution >= 0.6 is 11.8 Å². The van der Waals surface area contributed by atoms with Crippen LogP contribution in [0, 0.1) is 0 Å². The van der Waals surface area contributed by atoms with Crippen molar-refractivity contribution in [1.82, 2.24) is 30.6 Å². The third-order valence-corrected chi connectivity index (χ3v) is 7.84. The number of carbonyl (C=O) groups is 2. The van der Waals surface area contributed by atoms with Gasteiger partial charge in [-0.05, 0) is 70.2 Å². The zero-order valence-corrected chi connectivity index (χ0v) is 26.5. The fourth-order valence-corrected chi connectivity index (χ4v) is 5.21. The fourth-order valence-electron chi connectivity index (χ4n) is 5.07. The van der Waals surface area contributed by atoms with Gasteiger partial charge in [-0.2, -0.15) is 0 Å². The molecule has 40 heavy (non-hydrogen) atoms. The lowest BCUT2D eigenvalue weighted by atomic mass is 10.1. The van der Waals surface area contributed by atoms with Crippen LogP contribution in [0.2, 0.25) is 0 Å². The maximum atomic E-state index is 12.9. The first-order valence-corrected chi connectivity index (χ1v) is 16.6. The number of hydrogen-bond donors (Lipinski definition) is 4. The van der Waals surface area contributed by atoms with Gasteiger partial charge in [0.25, 0.3) is 0 Å². The van der Waals surface area contributed by atoms with E-state index < -0.39 is 6.04 Å². The molecular weight excluding hydrogens is 524 g/mol. The van der Waals surface area contributed by atoms with Crippen LogP contribution in [0.3, 0.4) is 0 Å². The number of nitrogens with zero attached hydrogens (tertiary/aromatic N) is 2. The van der Waals surface area contributed by atoms with E-state index in [4.69, 9.17) is 11.8 Å². The van der Waals surface area contributed by atoms with Crippen molar-refractivity contribution in [2.24, 2.45) is 0 Å². The number of allylic oxidation sites excluding steroid dienone is 2. The Morgan fingerprint density at radius 3 is 1.95 bits per heavy atom. The van der Waals surface area contributed by atoms with Gasteiger partial charge in [-0.1, -0.05) is 70.4 Å². The Balaban J connectivity index is 2.18. The van der Waals surface area contributed by atoms with Gasteiger partial charge in [0.05, 0.1) is 6.67 Å². The third-order valence-electron chi connectivity index (χ3n) is 7.65. The van der Waals surface area contributed by atoms with Crippen LogP contribution in [0.1, 0.15) is 116 Å². The van der Waals surface area contributed by atoms with Gasteiger partial charge in [-0.15, -0.1) is 0 Å². The van der Waals surface area contributed by atoms with Crippen LogP contribution in [0.5, 0.6) is 0 Å². The first-order valence-electron chi connectivity index (χ1n) is 16.3. The Labute approximate surface area is 250 Å². The van der Waals surface area contributed by atoms with Crippen molar-refractivity contribution in [3.8, 4) is 0 Å². The highest BCUT2D eigenvalue weighted by Crippen LogP contribution is 2.10. The minimum Gasteiger partial charge on any atom is -0.344 e. The summed E-state index contributed by atoms with van der Waals surface area (Å²) >= 11 is 5.57. The van der Waals surface area contributed by atoms with Crippen LogP contribution in [-0.4, -0.2) is 80.8 Å². The summed E-state index contributed by atoms with van der Waals surface area (Å²) in [6.07, 6.45) is 23.6. The minimum absolute atomic E-state index is 0.0195. The number of unbranched alkanes of at least 4 members (excludes halogenated alkanes) is 12. The lowest BCUT2D eigenvalue weighted by Gasteiger charge is -2.34. The van der Waals surface area contributed by atoms with E-state index in [-0.39, 0.29) is 11.8 Å². The van der Waals surface area contributed by atoms with Crippen molar-refractivity contribution < 1.29 is 9.59 Å². The number of hydrogen-bond acceptors (Lipinski definition) is 6. The van der Waals surface area contributed by atoms with E-state index in [1.807, 2.05) is 7.05 Å². The highest BCUT2D eigenvalue weighted by Gasteiger charge is 2.22. The monoisotopic (exact) mass is 584 g/mol. The quantitative estimate of drug-likeness (QED) is 0.0627. The van der Waals surface area contributed by atoms with Gasteiger partial charge in [-0.3, -0.25) is 19.4 Å². The topological polar surface area (TPSA) is 88.7 Å². The molecule has 234 valence electrons. The maximum absolute atomic E-state index is 12.9. The highest BCUT2D eigenvalue weighted by atomic mass is 35.5. The van der Waals surface area contributed by atoms with E-state index in [0.717, 1.165) is 71.4 Å². The smallest absolute Gasteiger partial charge is 0.243 e. The Bertz CT molecular complexity index is 643. The number of nitrogens with one attached hydrogen (secondary N) is 4. The standard InChI is InChI=1S/C31H61ClN6O2/c1-3-4-5-6-7-8-9-10-11-12-13-14-15-16-17-21-30(39)36-29(20-18-19-22-35-32)31(40)34-28-38-25-23-37(24-26-38)27-33-2/h10-11,29,33,35H,3-9,12-28H2,1-2H3,(H,34,40)(H,36,39)/t29-/m0/s1. The normalized spacial score (nSPS) is 15.5. The molecule has 0 spiro atoms. The molecule has 2 amide bonds. The van der Waals surface area contributed by atoms with Crippen LogP contribution in [0.4, 0.5) is 0 Å². The van der Waals surface area contributed by atoms with Gasteiger partial charge in [0.15, 0.2) is 0 Å². The number of halogens is 1. The molecule has 0 bridgehead atoms. The molecule has 1 saturated heterocycles. The molecule has 0 saturated carbocycles. The lowest BCUT2D eigenvalue weighted by molar-refractivity contribution is -0.129. The van der Waals surface area contributed by atoms with E-state index >= 15 is 0 Å². The molecule has 1 fully saturated rings. The average molecular weight is 585 g/mol. The molecule has 0 aliphatic carbocycles. The SMILES string of the molecule is CCCCCCCCC=CCCCCCCCC(=O)N[C@@H](CCCCNCl)C(=O)NCN1CCN(CNC)CC1. The van der Waals surface area contributed by atoms with E-state index in [0.29, 0.717) is 26.1 Å². The van der Waals surface area contributed by atoms with E-state index in [2.05, 4.69) is 49.7 Å². The second-order valence-electron chi connectivity index (χ2n) is 11.3. The molecular formula is C31H61ClN6O2. The van der Waals surface area contributed by atoms with Crippen LogP contribution < -0.4 is 20.8 Å². The molecule has 0 radical (unpaired) electrons. The lowest BCUT2D eigenvalue weighted by Crippen LogP contribution is -2.54. The van der Waals surface area contributed by atoms with Gasteiger partial charge in [0.2, 0.25) is 11.8 Å². The summed E-state index contributed by atoms with van der Waals surface area (Å²) in [7, 11) is 1.96. The zero-order valence-electron chi connectivity index (χ0n) is 25.8. The fraction of sp³-hybridized carbons (Fsp3) is 0.871. The number of carbonyl (C=O) groups excluding carboxylic acids is 2. The van der Waals surface area contributed by atoms with Crippen molar-refractivity contribution in [1.29, 1.82) is 0 Å². The van der Waals surface area contributed by atoms with Gasteiger partial charge in [0.1, 0.15) is 6.04 Å².